The summed E-state index contributed by atoms with van der Waals surface area (Å²) < 4.78 is 31.1. The molecule has 5 rings (SSSR count). The van der Waals surface area contributed by atoms with Gasteiger partial charge in [-0.15, -0.1) is 5.10 Å². The van der Waals surface area contributed by atoms with Crippen molar-refractivity contribution in [3.8, 4) is 17.1 Å². The molecule has 0 fully saturated rings. The Morgan fingerprint density at radius 2 is 1.79 bits per heavy atom. The number of hydrogen-bond donors (Lipinski definition) is 1. The third-order valence-corrected chi connectivity index (χ3v) is 6.70. The first-order valence-electron chi connectivity index (χ1n) is 11.0. The Labute approximate surface area is 198 Å². The molecule has 0 saturated carbocycles. The molecule has 1 N–H and O–H groups in total. The van der Waals surface area contributed by atoms with Gasteiger partial charge in [0, 0.05) is 12.2 Å². The van der Waals surface area contributed by atoms with Crippen molar-refractivity contribution in [1.29, 1.82) is 0 Å². The van der Waals surface area contributed by atoms with E-state index in [9.17, 15) is 18.4 Å². The number of benzene rings is 2. The average molecular weight is 482 g/mol. The molecule has 10 heteroatoms. The smallest absolute Gasteiger partial charge is 0.284 e. The monoisotopic (exact) mass is 481 g/mol. The van der Waals surface area contributed by atoms with Gasteiger partial charge in [0.15, 0.2) is 11.0 Å². The van der Waals surface area contributed by atoms with E-state index in [4.69, 9.17) is 0 Å². The zero-order valence-electron chi connectivity index (χ0n) is 18.1. The Morgan fingerprint density at radius 1 is 1.03 bits per heavy atom. The van der Waals surface area contributed by atoms with Crippen LogP contribution < -0.4 is 10.9 Å². The summed E-state index contributed by atoms with van der Waals surface area (Å²) in [7, 11) is 0. The second-order valence-electron chi connectivity index (χ2n) is 7.99. The van der Waals surface area contributed by atoms with Gasteiger partial charge in [0.05, 0.1) is 11.4 Å². The van der Waals surface area contributed by atoms with Crippen molar-refractivity contribution in [2.24, 2.45) is 0 Å². The predicted octanol–water partition coefficient (Wildman–Crippen LogP) is 4.27. The van der Waals surface area contributed by atoms with Gasteiger partial charge in [-0.3, -0.25) is 9.59 Å². The van der Waals surface area contributed by atoms with Gasteiger partial charge < -0.3 is 9.88 Å². The van der Waals surface area contributed by atoms with Gasteiger partial charge in [-0.2, -0.15) is 4.68 Å². The van der Waals surface area contributed by atoms with Gasteiger partial charge in [-0.05, 0) is 43.5 Å². The Hall–Kier alpha value is -3.53. The average Bonchev–Trinajstić information content (AvgIpc) is 3.00. The van der Waals surface area contributed by atoms with Crippen LogP contribution in [0.1, 0.15) is 25.0 Å². The molecule has 174 valence electrons. The number of aromatic nitrogens is 4. The summed E-state index contributed by atoms with van der Waals surface area (Å²) in [6.07, 6.45) is 3.58. The van der Waals surface area contributed by atoms with Crippen LogP contribution in [0.3, 0.4) is 0 Å². The number of para-hydroxylation sites is 2. The number of amides is 1. The van der Waals surface area contributed by atoms with Gasteiger partial charge in [-0.25, -0.2) is 13.8 Å². The van der Waals surface area contributed by atoms with Crippen LogP contribution in [0.15, 0.2) is 58.5 Å². The normalized spacial score (nSPS) is 13.5. The van der Waals surface area contributed by atoms with E-state index in [2.05, 4.69) is 15.4 Å². The predicted molar refractivity (Wildman–Crippen MR) is 126 cm³/mol. The van der Waals surface area contributed by atoms with Crippen molar-refractivity contribution in [2.75, 3.05) is 11.1 Å². The largest absolute Gasteiger partial charge is 0.324 e. The second-order valence-corrected chi connectivity index (χ2v) is 8.93. The molecule has 34 heavy (non-hydrogen) atoms. The van der Waals surface area contributed by atoms with Crippen molar-refractivity contribution in [1.82, 2.24) is 19.3 Å². The summed E-state index contributed by atoms with van der Waals surface area (Å²) in [6, 6.07) is 12.6. The zero-order chi connectivity index (χ0) is 23.7. The number of thioether (sulfide) groups is 1. The lowest BCUT2D eigenvalue weighted by Crippen LogP contribution is -2.20. The van der Waals surface area contributed by atoms with Crippen molar-refractivity contribution < 1.29 is 13.6 Å². The molecule has 1 amide bonds. The third-order valence-electron chi connectivity index (χ3n) is 5.73. The molecule has 2 aromatic carbocycles. The molecule has 3 aliphatic rings. The van der Waals surface area contributed by atoms with E-state index < -0.39 is 23.2 Å². The maximum absolute atomic E-state index is 13.9. The fraction of sp³-hybridized carbons (Fsp3) is 0.250. The quantitative estimate of drug-likeness (QED) is 0.340. The third kappa shape index (κ3) is 4.21. The summed E-state index contributed by atoms with van der Waals surface area (Å²) in [5, 5.41) is 7.31. The number of anilines is 1. The fourth-order valence-corrected chi connectivity index (χ4v) is 4.97. The highest BCUT2D eigenvalue weighted by Crippen LogP contribution is 2.30. The minimum Gasteiger partial charge on any atom is -0.324 e. The van der Waals surface area contributed by atoms with E-state index >= 15 is 0 Å². The lowest BCUT2D eigenvalue weighted by atomic mass is 10.1. The van der Waals surface area contributed by atoms with Crippen LogP contribution in [-0.4, -0.2) is 31.0 Å². The van der Waals surface area contributed by atoms with Crippen molar-refractivity contribution in [3.63, 3.8) is 0 Å². The Kier molecular flexibility index (Phi) is 6.14. The van der Waals surface area contributed by atoms with E-state index in [1.54, 1.807) is 12.1 Å². The first-order valence-corrected chi connectivity index (χ1v) is 12.0. The first kappa shape index (κ1) is 22.3. The van der Waals surface area contributed by atoms with E-state index in [0.717, 1.165) is 48.9 Å². The molecule has 0 unspecified atom stereocenters. The van der Waals surface area contributed by atoms with E-state index in [-0.39, 0.29) is 11.3 Å². The number of halogens is 2. The molecule has 3 heterocycles. The topological polar surface area (TPSA) is 81.8 Å². The van der Waals surface area contributed by atoms with E-state index in [1.807, 2.05) is 22.8 Å². The molecular weight excluding hydrogens is 460 g/mol. The SMILES string of the molecule is O=C(CSc1nc2nn(-c3ccccc3)c(=O)c-2c2n1CCCCC2)Nc1c(F)cccc1F. The lowest BCUT2D eigenvalue weighted by Gasteiger charge is -2.17. The van der Waals surface area contributed by atoms with Crippen LogP contribution >= 0.6 is 11.8 Å². The molecule has 0 bridgehead atoms. The number of hydrogen-bond acceptors (Lipinski definition) is 5. The van der Waals surface area contributed by atoms with Crippen molar-refractivity contribution >= 4 is 23.4 Å². The maximum Gasteiger partial charge on any atom is 0.284 e. The fourth-order valence-electron chi connectivity index (χ4n) is 4.13. The highest BCUT2D eigenvalue weighted by atomic mass is 32.2. The number of carbonyl (C=O) groups is 1. The molecule has 0 radical (unpaired) electrons. The van der Waals surface area contributed by atoms with Gasteiger partial charge in [0.25, 0.3) is 5.56 Å². The van der Waals surface area contributed by atoms with E-state index in [0.29, 0.717) is 35.2 Å². The van der Waals surface area contributed by atoms with Gasteiger partial charge in [0.2, 0.25) is 5.91 Å². The minimum absolute atomic E-state index is 0.102. The number of rotatable bonds is 5. The molecule has 0 aromatic heterocycles. The van der Waals surface area contributed by atoms with Crippen LogP contribution in [0.5, 0.6) is 0 Å². The Balaban J connectivity index is 1.49. The molecule has 0 saturated heterocycles. The lowest BCUT2D eigenvalue weighted by molar-refractivity contribution is -0.113. The number of nitrogens with one attached hydrogen (secondary N) is 1. The molecule has 3 aliphatic heterocycles. The number of carbonyl (C=O) groups excluding carboxylic acids is 1. The molecule has 0 atom stereocenters. The molecule has 7 nitrogen and oxygen atoms in total. The second kappa shape index (κ2) is 9.38. The van der Waals surface area contributed by atoms with Crippen LogP contribution in [0.4, 0.5) is 14.5 Å². The number of fused-ring (bicyclic) bond motifs is 3. The summed E-state index contributed by atoms with van der Waals surface area (Å²) in [5.41, 5.74) is 1.31. The zero-order valence-corrected chi connectivity index (χ0v) is 18.9. The van der Waals surface area contributed by atoms with Crippen LogP contribution in [0.25, 0.3) is 17.1 Å². The highest BCUT2D eigenvalue weighted by Gasteiger charge is 2.27. The van der Waals surface area contributed by atoms with Crippen LogP contribution in [-0.2, 0) is 17.8 Å². The first-order chi connectivity index (χ1) is 16.5. The van der Waals surface area contributed by atoms with E-state index in [1.165, 1.54) is 10.7 Å². The van der Waals surface area contributed by atoms with Crippen LogP contribution in [0.2, 0.25) is 0 Å². The summed E-state index contributed by atoms with van der Waals surface area (Å²) >= 11 is 1.15. The summed E-state index contributed by atoms with van der Waals surface area (Å²) in [4.78, 5) is 30.3. The molecule has 0 spiro atoms. The van der Waals surface area contributed by atoms with Gasteiger partial charge in [-0.1, -0.05) is 42.4 Å². The number of nitrogens with zero attached hydrogens (tertiary/aromatic N) is 4. The minimum atomic E-state index is -0.837. The maximum atomic E-state index is 13.9. The van der Waals surface area contributed by atoms with Gasteiger partial charge >= 0.3 is 0 Å². The summed E-state index contributed by atoms with van der Waals surface area (Å²) in [5.74, 6) is -2.01. The molecular formula is C24H21F2N5O2S. The standard InChI is InChI=1S/C24H21F2N5O2S/c25-16-10-7-11-17(26)21(16)27-19(32)14-34-24-28-22-20(18-12-5-2-6-13-30(18)24)23(33)31(29-22)15-8-3-1-4-9-15/h1,3-4,7-11H,2,5-6,12-14H2,(H,27,32). The molecule has 2 aromatic rings. The van der Waals surface area contributed by atoms with Crippen molar-refractivity contribution in [2.45, 2.75) is 37.4 Å². The van der Waals surface area contributed by atoms with Gasteiger partial charge in [0.1, 0.15) is 22.9 Å². The van der Waals surface area contributed by atoms with Crippen molar-refractivity contribution in [3.05, 3.63) is 76.2 Å². The highest BCUT2D eigenvalue weighted by molar-refractivity contribution is 7.99. The Bertz CT molecular complexity index is 1370. The molecule has 0 aliphatic carbocycles. The van der Waals surface area contributed by atoms with Crippen LogP contribution in [0, 0.1) is 11.6 Å². The summed E-state index contributed by atoms with van der Waals surface area (Å²) in [6.45, 7) is 0.667. The Morgan fingerprint density at radius 3 is 2.56 bits per heavy atom.